The van der Waals surface area contributed by atoms with Crippen molar-refractivity contribution in [2.45, 2.75) is 25.1 Å². The highest BCUT2D eigenvalue weighted by molar-refractivity contribution is 5.67. The summed E-state index contributed by atoms with van der Waals surface area (Å²) >= 11 is 0. The summed E-state index contributed by atoms with van der Waals surface area (Å²) in [4.78, 5) is 13.5. The Morgan fingerprint density at radius 3 is 2.26 bits per heavy atom. The van der Waals surface area contributed by atoms with E-state index >= 15 is 0 Å². The Labute approximate surface area is 134 Å². The van der Waals surface area contributed by atoms with Crippen LogP contribution in [-0.2, 0) is 11.3 Å². The molecule has 1 aromatic rings. The van der Waals surface area contributed by atoms with Gasteiger partial charge in [-0.05, 0) is 17.7 Å². The minimum Gasteiger partial charge on any atom is -0.497 e. The first-order valence-corrected chi connectivity index (χ1v) is 7.43. The van der Waals surface area contributed by atoms with Gasteiger partial charge in [0.1, 0.15) is 23.8 Å². The van der Waals surface area contributed by atoms with Crippen molar-refractivity contribution < 1.29 is 28.5 Å². The number of alkyl halides is 1. The topological polar surface area (TPSA) is 68.2 Å². The average Bonchev–Trinajstić information content (AvgIpc) is 2.59. The van der Waals surface area contributed by atoms with E-state index in [0.717, 1.165) is 5.56 Å². The van der Waals surface area contributed by atoms with Crippen molar-refractivity contribution in [3.63, 3.8) is 0 Å². The van der Waals surface area contributed by atoms with Crippen LogP contribution < -0.4 is 9.47 Å². The van der Waals surface area contributed by atoms with Gasteiger partial charge >= 0.3 is 6.09 Å². The standard InChI is InChI=1S/C16H22FNO5/c1-21-13-7-12(8-14(9-13)22-2)10-23-15(20)18-5-3-16(17,11-19)4-6-18/h7-9,19H,3-6,10-11H2,1-2H3. The van der Waals surface area contributed by atoms with Crippen molar-refractivity contribution in [2.75, 3.05) is 33.9 Å². The molecule has 1 aromatic carbocycles. The third-order valence-corrected chi connectivity index (χ3v) is 3.97. The molecule has 0 spiro atoms. The zero-order valence-corrected chi connectivity index (χ0v) is 13.4. The summed E-state index contributed by atoms with van der Waals surface area (Å²) in [6.07, 6.45) is -0.260. The number of hydrogen-bond acceptors (Lipinski definition) is 5. The molecule has 0 bridgehead atoms. The van der Waals surface area contributed by atoms with Crippen LogP contribution in [0.25, 0.3) is 0 Å². The fraction of sp³-hybridized carbons (Fsp3) is 0.562. The molecular weight excluding hydrogens is 305 g/mol. The molecule has 1 heterocycles. The van der Waals surface area contributed by atoms with Gasteiger partial charge in [-0.25, -0.2) is 9.18 Å². The zero-order chi connectivity index (χ0) is 16.9. The van der Waals surface area contributed by atoms with Gasteiger partial charge in [-0.2, -0.15) is 0 Å². The number of aliphatic hydroxyl groups is 1. The monoisotopic (exact) mass is 327 g/mol. The molecule has 6 nitrogen and oxygen atoms in total. The summed E-state index contributed by atoms with van der Waals surface area (Å²) in [6, 6.07) is 5.24. The molecule has 1 N–H and O–H groups in total. The van der Waals surface area contributed by atoms with Gasteiger partial charge in [-0.3, -0.25) is 0 Å². The second kappa shape index (κ2) is 7.50. The van der Waals surface area contributed by atoms with E-state index in [0.29, 0.717) is 11.5 Å². The van der Waals surface area contributed by atoms with Crippen LogP contribution >= 0.6 is 0 Å². The van der Waals surface area contributed by atoms with Crippen LogP contribution in [0.1, 0.15) is 18.4 Å². The van der Waals surface area contributed by atoms with Gasteiger partial charge < -0.3 is 24.2 Å². The van der Waals surface area contributed by atoms with E-state index in [4.69, 9.17) is 19.3 Å². The van der Waals surface area contributed by atoms with Crippen molar-refractivity contribution in [3.05, 3.63) is 23.8 Å². The van der Waals surface area contributed by atoms with Crippen molar-refractivity contribution in [2.24, 2.45) is 0 Å². The predicted molar refractivity (Wildman–Crippen MR) is 81.5 cm³/mol. The maximum Gasteiger partial charge on any atom is 0.410 e. The highest BCUT2D eigenvalue weighted by Crippen LogP contribution is 2.27. The number of hydrogen-bond donors (Lipinski definition) is 1. The molecule has 7 heteroatoms. The first-order chi connectivity index (χ1) is 11.0. The Morgan fingerprint density at radius 2 is 1.78 bits per heavy atom. The third kappa shape index (κ3) is 4.48. The number of nitrogens with zero attached hydrogens (tertiary/aromatic N) is 1. The number of piperidine rings is 1. The lowest BCUT2D eigenvalue weighted by Crippen LogP contribution is -2.46. The molecule has 1 aliphatic heterocycles. The predicted octanol–water partition coefficient (Wildman–Crippen LogP) is 2.14. The highest BCUT2D eigenvalue weighted by Gasteiger charge is 2.35. The molecule has 2 rings (SSSR count). The van der Waals surface area contributed by atoms with E-state index in [1.807, 2.05) is 0 Å². The first kappa shape index (κ1) is 17.3. The van der Waals surface area contributed by atoms with Crippen LogP contribution in [0.5, 0.6) is 11.5 Å². The Kier molecular flexibility index (Phi) is 5.65. The number of amides is 1. The van der Waals surface area contributed by atoms with Crippen LogP contribution in [0, 0.1) is 0 Å². The summed E-state index contributed by atoms with van der Waals surface area (Å²) < 4.78 is 29.5. The van der Waals surface area contributed by atoms with Crippen molar-refractivity contribution in [1.82, 2.24) is 4.90 Å². The molecule has 0 aromatic heterocycles. The van der Waals surface area contributed by atoms with Crippen molar-refractivity contribution >= 4 is 6.09 Å². The van der Waals surface area contributed by atoms with E-state index in [1.165, 1.54) is 4.90 Å². The molecule has 1 saturated heterocycles. The summed E-state index contributed by atoms with van der Waals surface area (Å²) in [5.74, 6) is 1.22. The van der Waals surface area contributed by atoms with Crippen LogP contribution in [-0.4, -0.2) is 55.7 Å². The minimum atomic E-state index is -1.59. The van der Waals surface area contributed by atoms with Gasteiger partial charge in [-0.1, -0.05) is 0 Å². The van der Waals surface area contributed by atoms with Crippen LogP contribution in [0.2, 0.25) is 0 Å². The Hall–Kier alpha value is -2.02. The van der Waals surface area contributed by atoms with Crippen molar-refractivity contribution in [3.8, 4) is 11.5 Å². The normalized spacial score (nSPS) is 16.8. The first-order valence-electron chi connectivity index (χ1n) is 7.43. The van der Waals surface area contributed by atoms with Gasteiger partial charge in [0.05, 0.1) is 20.8 Å². The molecule has 0 unspecified atom stereocenters. The average molecular weight is 327 g/mol. The van der Waals surface area contributed by atoms with E-state index < -0.39 is 18.4 Å². The lowest BCUT2D eigenvalue weighted by Gasteiger charge is -2.34. The molecule has 23 heavy (non-hydrogen) atoms. The lowest BCUT2D eigenvalue weighted by molar-refractivity contribution is 0.00531. The Bertz CT molecular complexity index is 521. The Balaban J connectivity index is 1.90. The molecule has 1 fully saturated rings. The van der Waals surface area contributed by atoms with E-state index in [-0.39, 0.29) is 32.5 Å². The molecular formula is C16H22FNO5. The maximum absolute atomic E-state index is 13.9. The number of methoxy groups -OCH3 is 2. The molecule has 0 radical (unpaired) electrons. The maximum atomic E-state index is 13.9. The molecule has 1 amide bonds. The zero-order valence-electron chi connectivity index (χ0n) is 13.4. The van der Waals surface area contributed by atoms with Crippen molar-refractivity contribution in [1.29, 1.82) is 0 Å². The molecule has 0 atom stereocenters. The van der Waals surface area contributed by atoms with Gasteiger partial charge in [0.2, 0.25) is 0 Å². The number of carbonyl (C=O) groups is 1. The quantitative estimate of drug-likeness (QED) is 0.897. The van der Waals surface area contributed by atoms with E-state index in [1.54, 1.807) is 32.4 Å². The number of likely N-dealkylation sites (tertiary alicyclic amines) is 1. The van der Waals surface area contributed by atoms with Gasteiger partial charge in [-0.15, -0.1) is 0 Å². The summed E-state index contributed by atoms with van der Waals surface area (Å²) in [5.41, 5.74) is -0.849. The van der Waals surface area contributed by atoms with Crippen LogP contribution in [0.15, 0.2) is 18.2 Å². The van der Waals surface area contributed by atoms with E-state index in [2.05, 4.69) is 0 Å². The lowest BCUT2D eigenvalue weighted by atomic mass is 9.95. The number of aliphatic hydroxyl groups excluding tert-OH is 1. The fourth-order valence-corrected chi connectivity index (χ4v) is 2.43. The molecule has 0 saturated carbocycles. The second-order valence-electron chi connectivity index (χ2n) is 5.57. The number of halogens is 1. The fourth-order valence-electron chi connectivity index (χ4n) is 2.43. The second-order valence-corrected chi connectivity index (χ2v) is 5.57. The SMILES string of the molecule is COc1cc(COC(=O)N2CCC(F)(CO)CC2)cc(OC)c1. The summed E-state index contributed by atoms with van der Waals surface area (Å²) in [5, 5.41) is 8.99. The summed E-state index contributed by atoms with van der Waals surface area (Å²) in [7, 11) is 3.09. The molecule has 128 valence electrons. The third-order valence-electron chi connectivity index (χ3n) is 3.97. The van der Waals surface area contributed by atoms with Crippen LogP contribution in [0.4, 0.5) is 9.18 Å². The van der Waals surface area contributed by atoms with Gasteiger partial charge in [0, 0.05) is 32.0 Å². The van der Waals surface area contributed by atoms with E-state index in [9.17, 15) is 9.18 Å². The number of ether oxygens (including phenoxy) is 3. The molecule has 0 aliphatic carbocycles. The van der Waals surface area contributed by atoms with Gasteiger partial charge in [0.25, 0.3) is 0 Å². The van der Waals surface area contributed by atoms with Gasteiger partial charge in [0.15, 0.2) is 0 Å². The number of rotatable bonds is 5. The number of carbonyl (C=O) groups excluding carboxylic acids is 1. The highest BCUT2D eigenvalue weighted by atomic mass is 19.1. The largest absolute Gasteiger partial charge is 0.497 e. The summed E-state index contributed by atoms with van der Waals surface area (Å²) in [6.45, 7) is 0.0256. The Morgan fingerprint density at radius 1 is 1.22 bits per heavy atom. The molecule has 1 aliphatic rings. The smallest absolute Gasteiger partial charge is 0.410 e. The van der Waals surface area contributed by atoms with Crippen LogP contribution in [0.3, 0.4) is 0 Å². The number of benzene rings is 1. The minimum absolute atomic E-state index is 0.0731.